The SMILES string of the molecule is c1ccc(-c2ccc3oc4c5ccccc5c(-c5nc(-c6ccccc6)nc(-c6ccc(-c7cccc8ccccc78)cc6)n5)cc4c3c2)cc1. The monoisotopic (exact) mass is 651 g/mol. The Hall–Kier alpha value is -6.91. The minimum absolute atomic E-state index is 0.614. The van der Waals surface area contributed by atoms with Gasteiger partial charge in [-0.3, -0.25) is 0 Å². The second-order valence-corrected chi connectivity index (χ2v) is 12.8. The van der Waals surface area contributed by atoms with Crippen molar-refractivity contribution in [2.45, 2.75) is 0 Å². The maximum absolute atomic E-state index is 6.55. The first-order valence-corrected chi connectivity index (χ1v) is 17.1. The summed E-state index contributed by atoms with van der Waals surface area (Å²) in [7, 11) is 0. The van der Waals surface area contributed by atoms with E-state index in [0.717, 1.165) is 66.1 Å². The normalized spacial score (nSPS) is 11.5. The molecule has 0 aliphatic heterocycles. The van der Waals surface area contributed by atoms with Gasteiger partial charge in [0.05, 0.1) is 0 Å². The lowest BCUT2D eigenvalue weighted by Crippen LogP contribution is -2.00. The quantitative estimate of drug-likeness (QED) is 0.186. The molecule has 238 valence electrons. The molecule has 0 amide bonds. The summed E-state index contributed by atoms with van der Waals surface area (Å²) in [5.41, 5.74) is 9.13. The average molecular weight is 652 g/mol. The molecule has 0 bridgehead atoms. The highest BCUT2D eigenvalue weighted by molar-refractivity contribution is 6.19. The van der Waals surface area contributed by atoms with Crippen LogP contribution in [-0.2, 0) is 0 Å². The zero-order valence-corrected chi connectivity index (χ0v) is 27.5. The van der Waals surface area contributed by atoms with Crippen molar-refractivity contribution in [1.29, 1.82) is 0 Å². The van der Waals surface area contributed by atoms with Crippen LogP contribution >= 0.6 is 0 Å². The Labute approximate surface area is 294 Å². The smallest absolute Gasteiger partial charge is 0.164 e. The van der Waals surface area contributed by atoms with E-state index in [-0.39, 0.29) is 0 Å². The Bertz CT molecular complexity index is 2890. The molecule has 0 fully saturated rings. The van der Waals surface area contributed by atoms with Crippen LogP contribution in [0.5, 0.6) is 0 Å². The van der Waals surface area contributed by atoms with Gasteiger partial charge in [-0.1, -0.05) is 158 Å². The van der Waals surface area contributed by atoms with Gasteiger partial charge in [-0.05, 0) is 56.6 Å². The largest absolute Gasteiger partial charge is 0.455 e. The lowest BCUT2D eigenvalue weighted by Gasteiger charge is -2.12. The van der Waals surface area contributed by atoms with Crippen LogP contribution in [-0.4, -0.2) is 15.0 Å². The van der Waals surface area contributed by atoms with Gasteiger partial charge in [-0.25, -0.2) is 15.0 Å². The molecule has 51 heavy (non-hydrogen) atoms. The minimum atomic E-state index is 0.614. The molecule has 2 heterocycles. The van der Waals surface area contributed by atoms with E-state index in [9.17, 15) is 0 Å². The van der Waals surface area contributed by atoms with Gasteiger partial charge in [0.1, 0.15) is 11.2 Å². The fourth-order valence-electron chi connectivity index (χ4n) is 7.21. The molecule has 0 aliphatic carbocycles. The predicted octanol–water partition coefficient (Wildman–Crippen LogP) is 12.4. The van der Waals surface area contributed by atoms with Crippen LogP contribution in [0.4, 0.5) is 0 Å². The molecule has 4 nitrogen and oxygen atoms in total. The van der Waals surface area contributed by atoms with E-state index in [1.807, 2.05) is 36.4 Å². The Kier molecular flexibility index (Phi) is 6.78. The number of aromatic nitrogens is 3. The van der Waals surface area contributed by atoms with Gasteiger partial charge in [0.25, 0.3) is 0 Å². The summed E-state index contributed by atoms with van der Waals surface area (Å²) in [5.74, 6) is 1.86. The summed E-state index contributed by atoms with van der Waals surface area (Å²) in [6.07, 6.45) is 0. The number of hydrogen-bond acceptors (Lipinski definition) is 4. The van der Waals surface area contributed by atoms with Crippen molar-refractivity contribution >= 4 is 43.5 Å². The summed E-state index contributed by atoms with van der Waals surface area (Å²) < 4.78 is 6.55. The minimum Gasteiger partial charge on any atom is -0.455 e. The van der Waals surface area contributed by atoms with E-state index in [0.29, 0.717) is 17.5 Å². The first kappa shape index (κ1) is 29.0. The average Bonchev–Trinajstić information content (AvgIpc) is 3.59. The summed E-state index contributed by atoms with van der Waals surface area (Å²) in [4.78, 5) is 15.4. The second kappa shape index (κ2) is 11.9. The third kappa shape index (κ3) is 5.04. The zero-order valence-electron chi connectivity index (χ0n) is 27.5. The number of fused-ring (bicyclic) bond motifs is 6. The van der Waals surface area contributed by atoms with Gasteiger partial charge in [0, 0.05) is 32.8 Å². The zero-order chi connectivity index (χ0) is 33.7. The molecule has 0 saturated carbocycles. The molecular weight excluding hydrogens is 623 g/mol. The highest BCUT2D eigenvalue weighted by Crippen LogP contribution is 2.41. The van der Waals surface area contributed by atoms with Crippen molar-refractivity contribution in [3.05, 3.63) is 176 Å². The first-order chi connectivity index (χ1) is 25.3. The van der Waals surface area contributed by atoms with Gasteiger partial charge in [-0.2, -0.15) is 0 Å². The van der Waals surface area contributed by atoms with E-state index in [1.54, 1.807) is 0 Å². The highest BCUT2D eigenvalue weighted by atomic mass is 16.3. The fraction of sp³-hybridized carbons (Fsp3) is 0. The molecule has 0 saturated heterocycles. The van der Waals surface area contributed by atoms with Crippen molar-refractivity contribution in [2.24, 2.45) is 0 Å². The Morgan fingerprint density at radius 3 is 1.65 bits per heavy atom. The molecule has 8 aromatic carbocycles. The Morgan fingerprint density at radius 1 is 0.314 bits per heavy atom. The van der Waals surface area contributed by atoms with Crippen molar-refractivity contribution in [2.75, 3.05) is 0 Å². The molecule has 0 aliphatic rings. The molecule has 4 heteroatoms. The maximum Gasteiger partial charge on any atom is 0.164 e. The topological polar surface area (TPSA) is 51.8 Å². The van der Waals surface area contributed by atoms with Gasteiger partial charge in [0.15, 0.2) is 17.5 Å². The summed E-state index contributed by atoms with van der Waals surface area (Å²) in [5, 5.41) is 6.57. The van der Waals surface area contributed by atoms with Crippen molar-refractivity contribution < 1.29 is 4.42 Å². The van der Waals surface area contributed by atoms with Crippen LogP contribution in [0.2, 0.25) is 0 Å². The summed E-state index contributed by atoms with van der Waals surface area (Å²) >= 11 is 0. The van der Waals surface area contributed by atoms with Crippen LogP contribution in [0.1, 0.15) is 0 Å². The summed E-state index contributed by atoms with van der Waals surface area (Å²) in [6.45, 7) is 0. The van der Waals surface area contributed by atoms with Gasteiger partial charge in [-0.15, -0.1) is 0 Å². The highest BCUT2D eigenvalue weighted by Gasteiger charge is 2.19. The first-order valence-electron chi connectivity index (χ1n) is 17.1. The molecule has 10 rings (SSSR count). The van der Waals surface area contributed by atoms with Crippen molar-refractivity contribution in [3.63, 3.8) is 0 Å². The summed E-state index contributed by atoms with van der Waals surface area (Å²) in [6, 6.07) is 61.0. The molecule has 2 aromatic heterocycles. The predicted molar refractivity (Wildman–Crippen MR) is 209 cm³/mol. The van der Waals surface area contributed by atoms with Gasteiger partial charge < -0.3 is 4.42 Å². The molecule has 0 N–H and O–H groups in total. The fourth-order valence-corrected chi connectivity index (χ4v) is 7.21. The van der Waals surface area contributed by atoms with E-state index in [4.69, 9.17) is 19.4 Å². The van der Waals surface area contributed by atoms with Crippen LogP contribution in [0.15, 0.2) is 180 Å². The number of benzene rings is 8. The third-order valence-corrected chi connectivity index (χ3v) is 9.74. The molecule has 0 radical (unpaired) electrons. The van der Waals surface area contributed by atoms with Crippen LogP contribution in [0.25, 0.3) is 99.9 Å². The van der Waals surface area contributed by atoms with Crippen LogP contribution < -0.4 is 0 Å². The van der Waals surface area contributed by atoms with E-state index in [2.05, 4.69) is 140 Å². The van der Waals surface area contributed by atoms with E-state index >= 15 is 0 Å². The van der Waals surface area contributed by atoms with E-state index in [1.165, 1.54) is 16.3 Å². The van der Waals surface area contributed by atoms with Crippen LogP contribution in [0, 0.1) is 0 Å². The molecule has 0 atom stereocenters. The van der Waals surface area contributed by atoms with Crippen LogP contribution in [0.3, 0.4) is 0 Å². The van der Waals surface area contributed by atoms with Crippen molar-refractivity contribution in [3.8, 4) is 56.4 Å². The third-order valence-electron chi connectivity index (χ3n) is 9.74. The van der Waals surface area contributed by atoms with Gasteiger partial charge >= 0.3 is 0 Å². The molecule has 0 spiro atoms. The number of hydrogen-bond donors (Lipinski definition) is 0. The number of furan rings is 1. The Morgan fingerprint density at radius 2 is 0.882 bits per heavy atom. The Balaban J connectivity index is 1.17. The lowest BCUT2D eigenvalue weighted by atomic mass is 9.97. The second-order valence-electron chi connectivity index (χ2n) is 12.8. The molecular formula is C47H29N3O. The number of rotatable bonds is 5. The van der Waals surface area contributed by atoms with Gasteiger partial charge in [0.2, 0.25) is 0 Å². The standard InChI is InChI=1S/C47H29N3O/c1-3-12-30(13-4-1)35-26-27-43-40(28-35)41-29-42(38-19-9-10-20-39(38)44(41)51-43)47-49-45(33-15-5-2-6-16-33)48-46(50-47)34-24-22-32(23-25-34)37-21-11-17-31-14-7-8-18-36(31)37/h1-29H. The molecule has 10 aromatic rings. The number of nitrogens with zero attached hydrogens (tertiary/aromatic N) is 3. The molecule has 0 unspecified atom stereocenters. The van der Waals surface area contributed by atoms with Crippen molar-refractivity contribution in [1.82, 2.24) is 15.0 Å². The lowest BCUT2D eigenvalue weighted by molar-refractivity contribution is 0.673. The van der Waals surface area contributed by atoms with E-state index < -0.39 is 0 Å². The maximum atomic E-state index is 6.55.